The summed E-state index contributed by atoms with van der Waals surface area (Å²) in [5.41, 5.74) is 0.821. The Morgan fingerprint density at radius 2 is 1.91 bits per heavy atom. The van der Waals surface area contributed by atoms with Crippen LogP contribution in [-0.2, 0) is 9.59 Å². The van der Waals surface area contributed by atoms with Gasteiger partial charge in [-0.15, -0.1) is 0 Å². The number of carbonyl (C=O) groups excluding carboxylic acids is 2. The number of benzene rings is 1. The van der Waals surface area contributed by atoms with Gasteiger partial charge in [-0.3, -0.25) is 9.59 Å². The average Bonchev–Trinajstić information content (AvgIpc) is 2.97. The largest absolute Gasteiger partial charge is 0.497 e. The maximum absolute atomic E-state index is 12.5. The van der Waals surface area contributed by atoms with Crippen LogP contribution in [0.3, 0.4) is 0 Å². The molecule has 118 valence electrons. The van der Waals surface area contributed by atoms with Crippen molar-refractivity contribution in [3.8, 4) is 5.75 Å². The first kappa shape index (κ1) is 14.8. The number of nitrogens with one attached hydrogen (secondary N) is 1. The van der Waals surface area contributed by atoms with E-state index in [0.29, 0.717) is 13.0 Å². The minimum absolute atomic E-state index is 0.0126. The average molecular weight is 303 g/mol. The van der Waals surface area contributed by atoms with Crippen LogP contribution in [0.2, 0.25) is 0 Å². The van der Waals surface area contributed by atoms with Gasteiger partial charge in [-0.2, -0.15) is 0 Å². The molecular formula is C16H21N3O3. The first-order chi connectivity index (χ1) is 10.7. The Bertz CT molecular complexity index is 552. The highest BCUT2D eigenvalue weighted by molar-refractivity contribution is 6.00. The van der Waals surface area contributed by atoms with Gasteiger partial charge in [-0.25, -0.2) is 0 Å². The third-order valence-electron chi connectivity index (χ3n) is 4.29. The molecule has 0 bridgehead atoms. The van der Waals surface area contributed by atoms with Crippen LogP contribution in [0.1, 0.15) is 6.42 Å². The number of piperazine rings is 1. The molecule has 2 aliphatic heterocycles. The summed E-state index contributed by atoms with van der Waals surface area (Å²) >= 11 is 0. The number of methoxy groups -OCH3 is 1. The van der Waals surface area contributed by atoms with Gasteiger partial charge in [0.1, 0.15) is 5.75 Å². The Kier molecular flexibility index (Phi) is 4.29. The molecule has 2 aliphatic rings. The predicted octanol–water partition coefficient (Wildman–Crippen LogP) is 0.480. The molecule has 6 nitrogen and oxygen atoms in total. The standard InChI is InChI=1S/C16H21N3O3/c1-22-14-4-2-13(3-5-14)19-11-12(10-15(19)20)16(21)18-8-6-17-7-9-18/h2-5,12,17H,6-11H2,1H3/t12-/m1/s1. The molecule has 1 N–H and O–H groups in total. The van der Waals surface area contributed by atoms with Gasteiger partial charge >= 0.3 is 0 Å². The molecule has 1 aromatic carbocycles. The minimum Gasteiger partial charge on any atom is -0.497 e. The Morgan fingerprint density at radius 1 is 1.23 bits per heavy atom. The number of amides is 2. The molecule has 0 aromatic heterocycles. The lowest BCUT2D eigenvalue weighted by molar-refractivity contribution is -0.136. The van der Waals surface area contributed by atoms with E-state index in [1.54, 1.807) is 12.0 Å². The molecule has 22 heavy (non-hydrogen) atoms. The highest BCUT2D eigenvalue weighted by atomic mass is 16.5. The van der Waals surface area contributed by atoms with E-state index < -0.39 is 0 Å². The Hall–Kier alpha value is -2.08. The molecule has 3 rings (SSSR count). The number of rotatable bonds is 3. The monoisotopic (exact) mass is 303 g/mol. The lowest BCUT2D eigenvalue weighted by atomic mass is 10.1. The van der Waals surface area contributed by atoms with Crippen molar-refractivity contribution in [2.45, 2.75) is 6.42 Å². The van der Waals surface area contributed by atoms with Gasteiger partial charge in [-0.05, 0) is 24.3 Å². The molecule has 2 heterocycles. The molecule has 2 saturated heterocycles. The van der Waals surface area contributed by atoms with Crippen molar-refractivity contribution >= 4 is 17.5 Å². The van der Waals surface area contributed by atoms with Gasteiger partial charge in [0.2, 0.25) is 11.8 Å². The van der Waals surface area contributed by atoms with E-state index in [2.05, 4.69) is 5.32 Å². The van der Waals surface area contributed by atoms with E-state index in [1.807, 2.05) is 29.2 Å². The summed E-state index contributed by atoms with van der Waals surface area (Å²) < 4.78 is 5.13. The van der Waals surface area contributed by atoms with Crippen LogP contribution in [0.15, 0.2) is 24.3 Å². The van der Waals surface area contributed by atoms with Gasteiger partial charge < -0.3 is 19.9 Å². The Balaban J connectivity index is 1.68. The van der Waals surface area contributed by atoms with Crippen LogP contribution in [-0.4, -0.2) is 56.5 Å². The van der Waals surface area contributed by atoms with Crippen molar-refractivity contribution in [3.05, 3.63) is 24.3 Å². The smallest absolute Gasteiger partial charge is 0.228 e. The predicted molar refractivity (Wildman–Crippen MR) is 82.9 cm³/mol. The number of hydrogen-bond acceptors (Lipinski definition) is 4. The van der Waals surface area contributed by atoms with Crippen molar-refractivity contribution < 1.29 is 14.3 Å². The Labute approximate surface area is 130 Å². The first-order valence-electron chi connectivity index (χ1n) is 7.63. The molecular weight excluding hydrogens is 282 g/mol. The molecule has 2 fully saturated rings. The maximum atomic E-state index is 12.5. The summed E-state index contributed by atoms with van der Waals surface area (Å²) in [4.78, 5) is 28.3. The van der Waals surface area contributed by atoms with Crippen molar-refractivity contribution in [1.29, 1.82) is 0 Å². The molecule has 0 radical (unpaired) electrons. The summed E-state index contributed by atoms with van der Waals surface area (Å²) in [7, 11) is 1.61. The number of ether oxygens (including phenoxy) is 1. The third kappa shape index (κ3) is 2.92. The summed E-state index contributed by atoms with van der Waals surface area (Å²) in [5, 5.41) is 3.23. The van der Waals surface area contributed by atoms with Crippen LogP contribution in [0.5, 0.6) is 5.75 Å². The fourth-order valence-corrected chi connectivity index (χ4v) is 3.03. The van der Waals surface area contributed by atoms with Crippen LogP contribution in [0.25, 0.3) is 0 Å². The van der Waals surface area contributed by atoms with Gasteiger partial charge in [-0.1, -0.05) is 0 Å². The quantitative estimate of drug-likeness (QED) is 0.882. The zero-order valence-corrected chi connectivity index (χ0v) is 12.7. The van der Waals surface area contributed by atoms with Gasteiger partial charge in [0.25, 0.3) is 0 Å². The van der Waals surface area contributed by atoms with Crippen molar-refractivity contribution in [2.24, 2.45) is 5.92 Å². The Morgan fingerprint density at radius 3 is 2.55 bits per heavy atom. The zero-order valence-electron chi connectivity index (χ0n) is 12.7. The first-order valence-corrected chi connectivity index (χ1v) is 7.63. The maximum Gasteiger partial charge on any atom is 0.228 e. The molecule has 1 aromatic rings. The van der Waals surface area contributed by atoms with Crippen LogP contribution in [0.4, 0.5) is 5.69 Å². The second-order valence-corrected chi connectivity index (χ2v) is 5.68. The molecule has 2 amide bonds. The molecule has 1 atom stereocenters. The van der Waals surface area contributed by atoms with E-state index in [0.717, 1.165) is 37.6 Å². The number of carbonyl (C=O) groups is 2. The van der Waals surface area contributed by atoms with E-state index >= 15 is 0 Å². The van der Waals surface area contributed by atoms with Gasteiger partial charge in [0.05, 0.1) is 13.0 Å². The van der Waals surface area contributed by atoms with Crippen LogP contribution < -0.4 is 15.0 Å². The molecule has 0 saturated carbocycles. The summed E-state index contributed by atoms with van der Waals surface area (Å²) in [6, 6.07) is 7.37. The second kappa shape index (κ2) is 6.36. The number of anilines is 1. The van der Waals surface area contributed by atoms with E-state index in [1.165, 1.54) is 0 Å². The van der Waals surface area contributed by atoms with Crippen LogP contribution in [0, 0.1) is 5.92 Å². The minimum atomic E-state index is -0.229. The van der Waals surface area contributed by atoms with Crippen molar-refractivity contribution in [3.63, 3.8) is 0 Å². The van der Waals surface area contributed by atoms with E-state index in [-0.39, 0.29) is 17.7 Å². The topological polar surface area (TPSA) is 61.9 Å². The SMILES string of the molecule is COc1ccc(N2C[C@H](C(=O)N3CCNCC3)CC2=O)cc1. The highest BCUT2D eigenvalue weighted by Gasteiger charge is 2.37. The fraction of sp³-hybridized carbons (Fsp3) is 0.500. The van der Waals surface area contributed by atoms with Crippen molar-refractivity contribution in [2.75, 3.05) is 44.7 Å². The van der Waals surface area contributed by atoms with Crippen LogP contribution >= 0.6 is 0 Å². The lowest BCUT2D eigenvalue weighted by Gasteiger charge is -2.29. The summed E-state index contributed by atoms with van der Waals surface area (Å²) in [5.74, 6) is 0.640. The normalized spacial score (nSPS) is 22.0. The summed E-state index contributed by atoms with van der Waals surface area (Å²) in [6.45, 7) is 3.58. The molecule has 0 unspecified atom stereocenters. The van der Waals surface area contributed by atoms with E-state index in [9.17, 15) is 9.59 Å². The molecule has 0 aliphatic carbocycles. The number of hydrogen-bond donors (Lipinski definition) is 1. The van der Waals surface area contributed by atoms with Gasteiger partial charge in [0.15, 0.2) is 0 Å². The molecule has 0 spiro atoms. The van der Waals surface area contributed by atoms with Gasteiger partial charge in [0, 0.05) is 44.8 Å². The summed E-state index contributed by atoms with van der Waals surface area (Å²) in [6.07, 6.45) is 0.300. The number of nitrogens with zero attached hydrogens (tertiary/aromatic N) is 2. The third-order valence-corrected chi connectivity index (χ3v) is 4.29. The second-order valence-electron chi connectivity index (χ2n) is 5.68. The van der Waals surface area contributed by atoms with Crippen molar-refractivity contribution in [1.82, 2.24) is 10.2 Å². The molecule has 6 heteroatoms. The lowest BCUT2D eigenvalue weighted by Crippen LogP contribution is -2.48. The fourth-order valence-electron chi connectivity index (χ4n) is 3.03. The van der Waals surface area contributed by atoms with E-state index in [4.69, 9.17) is 4.74 Å². The zero-order chi connectivity index (χ0) is 15.5. The highest BCUT2D eigenvalue weighted by Crippen LogP contribution is 2.27.